The lowest BCUT2D eigenvalue weighted by atomic mass is 10.3. The van der Waals surface area contributed by atoms with Gasteiger partial charge < -0.3 is 4.90 Å². The lowest BCUT2D eigenvalue weighted by Crippen LogP contribution is -2.33. The molecule has 0 aliphatic carbocycles. The zero-order valence-corrected chi connectivity index (χ0v) is 11.7. The van der Waals surface area contributed by atoms with Crippen molar-refractivity contribution < 1.29 is 4.79 Å². The van der Waals surface area contributed by atoms with Crippen LogP contribution in [0.5, 0.6) is 0 Å². The number of hydrogen-bond acceptors (Lipinski definition) is 4. The number of likely N-dealkylation sites (N-methyl/N-ethyl adjacent to an activating group) is 1. The number of rotatable bonds is 4. The van der Waals surface area contributed by atoms with Crippen molar-refractivity contribution in [2.24, 2.45) is 0 Å². The first-order valence-electron chi connectivity index (χ1n) is 5.86. The van der Waals surface area contributed by atoms with Gasteiger partial charge in [-0.1, -0.05) is 0 Å². The van der Waals surface area contributed by atoms with Crippen molar-refractivity contribution in [3.63, 3.8) is 0 Å². The van der Waals surface area contributed by atoms with E-state index >= 15 is 0 Å². The van der Waals surface area contributed by atoms with Gasteiger partial charge in [-0.3, -0.25) is 9.36 Å². The lowest BCUT2D eigenvalue weighted by Gasteiger charge is -2.17. The number of carbonyl (C=O) groups is 1. The highest BCUT2D eigenvalue weighted by Crippen LogP contribution is 2.17. The van der Waals surface area contributed by atoms with Crippen LogP contribution in [-0.2, 0) is 17.9 Å². The van der Waals surface area contributed by atoms with E-state index in [1.807, 2.05) is 18.4 Å². The highest BCUT2D eigenvalue weighted by molar-refractivity contribution is 7.10. The molecule has 2 aromatic rings. The van der Waals surface area contributed by atoms with E-state index in [9.17, 15) is 9.59 Å². The van der Waals surface area contributed by atoms with Crippen LogP contribution in [0.25, 0.3) is 0 Å². The lowest BCUT2D eigenvalue weighted by molar-refractivity contribution is -0.131. The Kier molecular flexibility index (Phi) is 4.11. The second kappa shape index (κ2) is 5.79. The average Bonchev–Trinajstić information content (AvgIpc) is 2.78. The smallest absolute Gasteiger partial charge is 0.339 e. The normalized spacial score (nSPS) is 10.4. The summed E-state index contributed by atoms with van der Waals surface area (Å²) in [4.78, 5) is 29.9. The van der Waals surface area contributed by atoms with E-state index in [4.69, 9.17) is 0 Å². The first-order chi connectivity index (χ1) is 9.08. The third-order valence-electron chi connectivity index (χ3n) is 2.86. The number of nitrogens with zero attached hydrogens (tertiary/aromatic N) is 3. The molecule has 0 aromatic carbocycles. The molecule has 2 aromatic heterocycles. The highest BCUT2D eigenvalue weighted by atomic mass is 32.1. The predicted molar refractivity (Wildman–Crippen MR) is 74.0 cm³/mol. The first kappa shape index (κ1) is 13.5. The highest BCUT2D eigenvalue weighted by Gasteiger charge is 2.12. The average molecular weight is 277 g/mol. The van der Waals surface area contributed by atoms with Gasteiger partial charge in [-0.05, 0) is 30.0 Å². The molecular formula is C13H15N3O2S. The molecule has 100 valence electrons. The topological polar surface area (TPSA) is 55.2 Å². The Bertz CT molecular complexity index is 633. The monoisotopic (exact) mass is 277 g/mol. The second-order valence-electron chi connectivity index (χ2n) is 4.31. The molecule has 2 rings (SSSR count). The number of amides is 1. The van der Waals surface area contributed by atoms with Crippen LogP contribution in [0.15, 0.2) is 34.7 Å². The molecule has 5 nitrogen and oxygen atoms in total. The summed E-state index contributed by atoms with van der Waals surface area (Å²) in [7, 11) is 1.74. The van der Waals surface area contributed by atoms with Crippen LogP contribution in [0.4, 0.5) is 0 Å². The summed E-state index contributed by atoms with van der Waals surface area (Å²) >= 11 is 1.63. The third-order valence-corrected chi connectivity index (χ3v) is 3.87. The molecule has 1 amide bonds. The molecular weight excluding hydrogens is 262 g/mol. The van der Waals surface area contributed by atoms with Gasteiger partial charge in [0, 0.05) is 24.3 Å². The van der Waals surface area contributed by atoms with Crippen molar-refractivity contribution in [2.75, 3.05) is 7.05 Å². The Hall–Kier alpha value is -1.95. The van der Waals surface area contributed by atoms with Crippen LogP contribution in [-0.4, -0.2) is 27.4 Å². The molecule has 0 saturated heterocycles. The van der Waals surface area contributed by atoms with Crippen LogP contribution in [0.3, 0.4) is 0 Å². The van der Waals surface area contributed by atoms with Gasteiger partial charge in [-0.2, -0.15) is 0 Å². The molecule has 0 N–H and O–H groups in total. The largest absolute Gasteiger partial charge is 0.347 e. The van der Waals surface area contributed by atoms with Crippen molar-refractivity contribution in [2.45, 2.75) is 20.0 Å². The minimum absolute atomic E-state index is 0.0214. The van der Waals surface area contributed by atoms with Crippen LogP contribution >= 0.6 is 11.3 Å². The fraction of sp³-hybridized carbons (Fsp3) is 0.308. The summed E-state index contributed by atoms with van der Waals surface area (Å²) in [6.45, 7) is 2.61. The van der Waals surface area contributed by atoms with Crippen LogP contribution in [0.1, 0.15) is 10.4 Å². The fourth-order valence-electron chi connectivity index (χ4n) is 1.64. The second-order valence-corrected chi connectivity index (χ2v) is 5.31. The van der Waals surface area contributed by atoms with Crippen molar-refractivity contribution in [1.29, 1.82) is 0 Å². The van der Waals surface area contributed by atoms with Gasteiger partial charge in [-0.15, -0.1) is 11.3 Å². The van der Waals surface area contributed by atoms with E-state index in [-0.39, 0.29) is 12.5 Å². The molecule has 0 saturated carbocycles. The molecule has 0 aliphatic rings. The minimum Gasteiger partial charge on any atom is -0.339 e. The zero-order valence-electron chi connectivity index (χ0n) is 10.9. The number of aromatic nitrogens is 2. The molecule has 0 bridgehead atoms. The molecule has 0 atom stereocenters. The van der Waals surface area contributed by atoms with E-state index < -0.39 is 5.69 Å². The van der Waals surface area contributed by atoms with E-state index in [0.717, 1.165) is 4.88 Å². The summed E-state index contributed by atoms with van der Waals surface area (Å²) in [6, 6.07) is 3.67. The first-order valence-corrected chi connectivity index (χ1v) is 6.74. The van der Waals surface area contributed by atoms with Gasteiger partial charge in [-0.25, -0.2) is 9.78 Å². The Morgan fingerprint density at radius 1 is 1.53 bits per heavy atom. The predicted octanol–water partition coefficient (Wildman–Crippen LogP) is 1.27. The quantitative estimate of drug-likeness (QED) is 0.845. The maximum atomic E-state index is 12.0. The van der Waals surface area contributed by atoms with E-state index in [0.29, 0.717) is 6.54 Å². The molecule has 0 aliphatic heterocycles. The molecule has 2 heterocycles. The third kappa shape index (κ3) is 3.29. The van der Waals surface area contributed by atoms with Crippen LogP contribution < -0.4 is 5.69 Å². The zero-order chi connectivity index (χ0) is 13.8. The Morgan fingerprint density at radius 3 is 2.95 bits per heavy atom. The minimum atomic E-state index is -0.406. The molecule has 0 radical (unpaired) electrons. The molecule has 0 fully saturated rings. The van der Waals surface area contributed by atoms with Gasteiger partial charge in [0.15, 0.2) is 0 Å². The van der Waals surface area contributed by atoms with Crippen molar-refractivity contribution in [1.82, 2.24) is 14.5 Å². The van der Waals surface area contributed by atoms with Crippen molar-refractivity contribution in [3.8, 4) is 0 Å². The number of thiophene rings is 1. The Morgan fingerprint density at radius 2 is 2.32 bits per heavy atom. The van der Waals surface area contributed by atoms with E-state index in [2.05, 4.69) is 4.98 Å². The summed E-state index contributed by atoms with van der Waals surface area (Å²) < 4.78 is 1.31. The molecule has 19 heavy (non-hydrogen) atoms. The summed E-state index contributed by atoms with van der Waals surface area (Å²) in [5.74, 6) is -0.108. The van der Waals surface area contributed by atoms with Crippen molar-refractivity contribution >= 4 is 17.2 Å². The molecule has 0 spiro atoms. The van der Waals surface area contributed by atoms with E-state index in [1.54, 1.807) is 35.5 Å². The van der Waals surface area contributed by atoms with Gasteiger partial charge in [0.25, 0.3) is 0 Å². The molecule has 0 unspecified atom stereocenters. The maximum Gasteiger partial charge on any atom is 0.347 e. The van der Waals surface area contributed by atoms with E-state index in [1.165, 1.54) is 16.3 Å². The summed E-state index contributed by atoms with van der Waals surface area (Å²) in [6.07, 6.45) is 2.99. The Balaban J connectivity index is 2.02. The summed E-state index contributed by atoms with van der Waals surface area (Å²) in [5, 5.41) is 2.01. The van der Waals surface area contributed by atoms with Crippen molar-refractivity contribution in [3.05, 3.63) is 50.8 Å². The van der Waals surface area contributed by atoms with Gasteiger partial charge in [0.05, 0.1) is 6.54 Å². The van der Waals surface area contributed by atoms with Crippen LogP contribution in [0.2, 0.25) is 0 Å². The summed E-state index contributed by atoms with van der Waals surface area (Å²) in [5.41, 5.74) is 0.778. The number of hydrogen-bond donors (Lipinski definition) is 0. The van der Waals surface area contributed by atoms with Gasteiger partial charge >= 0.3 is 5.69 Å². The number of carbonyl (C=O) groups excluding carboxylic acids is 1. The fourth-order valence-corrected chi connectivity index (χ4v) is 2.60. The Labute approximate surface area is 115 Å². The standard InChI is InChI=1S/C13H15N3O2S/c1-10-4-7-19-11(10)8-15(2)12(17)9-16-6-3-5-14-13(16)18/h3-7H,8-9H2,1-2H3. The SMILES string of the molecule is Cc1ccsc1CN(C)C(=O)Cn1cccnc1=O. The van der Waals surface area contributed by atoms with Gasteiger partial charge in [0.1, 0.15) is 6.54 Å². The number of aryl methyl sites for hydroxylation is 1. The van der Waals surface area contributed by atoms with Gasteiger partial charge in [0.2, 0.25) is 5.91 Å². The van der Waals surface area contributed by atoms with Crippen LogP contribution in [0, 0.1) is 6.92 Å². The molecule has 6 heteroatoms. The maximum absolute atomic E-state index is 12.0.